The van der Waals surface area contributed by atoms with Crippen LogP contribution in [0.3, 0.4) is 0 Å². The molecule has 0 spiro atoms. The summed E-state index contributed by atoms with van der Waals surface area (Å²) in [4.78, 5) is 22.6. The van der Waals surface area contributed by atoms with Crippen LogP contribution in [0, 0.1) is 10.1 Å². The quantitative estimate of drug-likeness (QED) is 0.434. The molecule has 0 aliphatic rings. The lowest BCUT2D eigenvalue weighted by molar-refractivity contribution is -0.802. The predicted molar refractivity (Wildman–Crippen MR) is 91.3 cm³/mol. The van der Waals surface area contributed by atoms with Crippen LogP contribution in [0.1, 0.15) is 18.6 Å². The fourth-order valence-electron chi connectivity index (χ4n) is 2.42. The fraction of sp³-hybridized carbons (Fsp3) is 0.278. The summed E-state index contributed by atoms with van der Waals surface area (Å²) in [6.45, 7) is 1.55. The fourth-order valence-corrected chi connectivity index (χ4v) is 2.42. The molecular weight excluding hydrogens is 360 g/mol. The van der Waals surface area contributed by atoms with Gasteiger partial charge in [0.05, 0.1) is 18.9 Å². The molecule has 140 valence electrons. The summed E-state index contributed by atoms with van der Waals surface area (Å²) >= 11 is 0. The molecule has 2 aromatic carbocycles. The maximum atomic E-state index is 11.5. The third kappa shape index (κ3) is 5.52. The number of nitro benzene ring substituents is 1. The minimum absolute atomic E-state index is 0. The maximum absolute atomic E-state index is 11.5. The Morgan fingerprint density at radius 2 is 1.77 bits per heavy atom. The molecule has 0 heterocycles. The predicted octanol–water partition coefficient (Wildman–Crippen LogP) is -1.86. The zero-order valence-corrected chi connectivity index (χ0v) is 15.2. The molecule has 2 rings (SSSR count). The smallest absolute Gasteiger partial charge is 0.310 e. The summed E-state index contributed by atoms with van der Waals surface area (Å²) in [6.07, 6.45) is -1.86. The van der Waals surface area contributed by atoms with E-state index in [2.05, 4.69) is 0 Å². The van der Waals surface area contributed by atoms with Crippen molar-refractivity contribution in [3.63, 3.8) is 0 Å². The molecular formula is C18H21ClN2O5. The summed E-state index contributed by atoms with van der Waals surface area (Å²) in [5.41, 5.74) is 0.493. The Hall–Kier alpha value is -2.48. The molecule has 3 atom stereocenters. The molecule has 0 fully saturated rings. The molecule has 0 aliphatic carbocycles. The Labute approximate surface area is 157 Å². The molecule has 3 unspecified atom stereocenters. The number of benzene rings is 2. The largest absolute Gasteiger partial charge is 1.00 e. The van der Waals surface area contributed by atoms with E-state index in [0.29, 0.717) is 10.5 Å². The van der Waals surface area contributed by atoms with Crippen molar-refractivity contribution in [2.75, 3.05) is 13.6 Å². The van der Waals surface area contributed by atoms with E-state index in [0.717, 1.165) is 0 Å². The number of quaternary nitrogens is 1. The summed E-state index contributed by atoms with van der Waals surface area (Å²) in [5.74, 6) is -0.0440. The van der Waals surface area contributed by atoms with Crippen molar-refractivity contribution in [3.8, 4) is 5.75 Å². The van der Waals surface area contributed by atoms with E-state index in [4.69, 9.17) is 4.74 Å². The third-order valence-electron chi connectivity index (χ3n) is 3.91. The monoisotopic (exact) mass is 380 g/mol. The van der Waals surface area contributed by atoms with E-state index in [9.17, 15) is 20.0 Å². The van der Waals surface area contributed by atoms with Gasteiger partial charge >= 0.3 is 11.6 Å². The molecule has 0 bridgehead atoms. The van der Waals surface area contributed by atoms with Crippen molar-refractivity contribution >= 4 is 11.6 Å². The van der Waals surface area contributed by atoms with Gasteiger partial charge in [-0.05, 0) is 11.6 Å². The van der Waals surface area contributed by atoms with Crippen molar-refractivity contribution in [1.29, 1.82) is 0 Å². The first-order valence-electron chi connectivity index (χ1n) is 7.86. The van der Waals surface area contributed by atoms with Crippen LogP contribution in [0.4, 0.5) is 5.69 Å². The maximum Gasteiger partial charge on any atom is 0.310 e. The number of amides is 1. The molecule has 0 saturated carbocycles. The number of likely N-dealkylation sites (N-methyl/N-ethyl adjacent to an activating group) is 1. The van der Waals surface area contributed by atoms with E-state index in [1.165, 1.54) is 19.1 Å². The number of rotatable bonds is 7. The van der Waals surface area contributed by atoms with Crippen LogP contribution in [0.15, 0.2) is 54.6 Å². The van der Waals surface area contributed by atoms with Crippen molar-refractivity contribution in [3.05, 3.63) is 70.3 Å². The van der Waals surface area contributed by atoms with Crippen molar-refractivity contribution in [2.45, 2.75) is 19.1 Å². The van der Waals surface area contributed by atoms with Crippen molar-refractivity contribution < 1.29 is 36.9 Å². The van der Waals surface area contributed by atoms with E-state index in [1.807, 2.05) is 6.07 Å². The van der Waals surface area contributed by atoms with Gasteiger partial charge in [-0.3, -0.25) is 15.0 Å². The number of nitro groups is 1. The van der Waals surface area contributed by atoms with Crippen LogP contribution in [-0.4, -0.2) is 35.6 Å². The Balaban J connectivity index is 0.00000338. The summed E-state index contributed by atoms with van der Waals surface area (Å²) in [5, 5.41) is 21.8. The lowest BCUT2D eigenvalue weighted by Gasteiger charge is -2.25. The number of carbonyl (C=O) groups is 1. The molecule has 0 saturated heterocycles. The van der Waals surface area contributed by atoms with Crippen LogP contribution in [0.25, 0.3) is 0 Å². The van der Waals surface area contributed by atoms with Gasteiger partial charge in [-0.15, -0.1) is 0 Å². The molecule has 0 aliphatic heterocycles. The Kier molecular flexibility index (Phi) is 8.18. The Morgan fingerprint density at radius 1 is 1.19 bits per heavy atom. The summed E-state index contributed by atoms with van der Waals surface area (Å²) in [6, 6.07) is 15.0. The molecule has 0 aromatic heterocycles. The highest BCUT2D eigenvalue weighted by Gasteiger charge is 2.29. The molecule has 26 heavy (non-hydrogen) atoms. The van der Waals surface area contributed by atoms with E-state index in [1.54, 1.807) is 43.4 Å². The van der Waals surface area contributed by atoms with Crippen LogP contribution in [0.5, 0.6) is 5.75 Å². The van der Waals surface area contributed by atoms with Gasteiger partial charge in [0.1, 0.15) is 12.6 Å². The van der Waals surface area contributed by atoms with Crippen LogP contribution in [-0.2, 0) is 4.79 Å². The zero-order valence-electron chi connectivity index (χ0n) is 14.5. The molecule has 8 heteroatoms. The first kappa shape index (κ1) is 21.6. The number of nitrogens with one attached hydrogen (secondary N) is 1. The summed E-state index contributed by atoms with van der Waals surface area (Å²) in [7, 11) is 1.65. The van der Waals surface area contributed by atoms with Crippen LogP contribution >= 0.6 is 0 Å². The summed E-state index contributed by atoms with van der Waals surface area (Å²) < 4.78 is 5.82. The number of para-hydroxylation sites is 2. The second-order valence-electron chi connectivity index (χ2n) is 5.78. The number of aliphatic hydroxyl groups is 1. The molecule has 1 amide bonds. The number of ether oxygens (including phenoxy) is 1. The molecule has 2 N–H and O–H groups in total. The highest BCUT2D eigenvalue weighted by Crippen LogP contribution is 2.31. The van der Waals surface area contributed by atoms with E-state index < -0.39 is 17.1 Å². The SMILES string of the molecule is CC(=O)[NH+](C)CC(O)C(Oc1ccccc1[N+](=O)[O-])c1ccccc1.[Cl-]. The minimum atomic E-state index is -1.02. The highest BCUT2D eigenvalue weighted by molar-refractivity contribution is 5.62. The van der Waals surface area contributed by atoms with Gasteiger partial charge in [-0.2, -0.15) is 0 Å². The number of hydrogen-bond donors (Lipinski definition) is 2. The van der Waals surface area contributed by atoms with Crippen molar-refractivity contribution in [2.24, 2.45) is 0 Å². The zero-order chi connectivity index (χ0) is 18.4. The van der Waals surface area contributed by atoms with Crippen molar-refractivity contribution in [1.82, 2.24) is 0 Å². The molecule has 0 radical (unpaired) electrons. The standard InChI is InChI=1S/C18H20N2O5.ClH/c1-13(21)19(2)12-16(22)18(14-8-4-3-5-9-14)25-17-11-7-6-10-15(17)20(23)24;/h3-11,16,18,22H,12H2,1-2H3;1H. The average molecular weight is 381 g/mol. The average Bonchev–Trinajstić information content (AvgIpc) is 2.60. The second-order valence-corrected chi connectivity index (χ2v) is 5.78. The second kappa shape index (κ2) is 9.86. The number of carbonyl (C=O) groups excluding carboxylic acids is 1. The number of nitrogens with zero attached hydrogens (tertiary/aromatic N) is 1. The Bertz CT molecular complexity index is 741. The first-order valence-corrected chi connectivity index (χ1v) is 7.86. The minimum Gasteiger partial charge on any atom is -1.00 e. The van der Waals surface area contributed by atoms with Gasteiger partial charge in [0, 0.05) is 6.07 Å². The Morgan fingerprint density at radius 3 is 2.35 bits per heavy atom. The third-order valence-corrected chi connectivity index (χ3v) is 3.91. The van der Waals surface area contributed by atoms with E-state index in [-0.39, 0.29) is 36.3 Å². The normalized spacial score (nSPS) is 13.8. The van der Waals surface area contributed by atoms with Gasteiger partial charge in [0.25, 0.3) is 0 Å². The van der Waals surface area contributed by atoms with Gasteiger partial charge in [-0.1, -0.05) is 42.5 Å². The van der Waals surface area contributed by atoms with Gasteiger partial charge in [-0.25, -0.2) is 4.79 Å². The topological polar surface area (TPSA) is 94.1 Å². The van der Waals surface area contributed by atoms with Gasteiger partial charge in [0.2, 0.25) is 0 Å². The number of hydrogen-bond acceptors (Lipinski definition) is 5. The molecule has 2 aromatic rings. The lowest BCUT2D eigenvalue weighted by atomic mass is 10.0. The first-order chi connectivity index (χ1) is 11.9. The van der Waals surface area contributed by atoms with Gasteiger partial charge in [0.15, 0.2) is 11.9 Å². The lowest BCUT2D eigenvalue weighted by Crippen LogP contribution is -3.12. The highest BCUT2D eigenvalue weighted by atomic mass is 35.5. The van der Waals surface area contributed by atoms with Crippen LogP contribution < -0.4 is 22.0 Å². The van der Waals surface area contributed by atoms with E-state index >= 15 is 0 Å². The molecule has 7 nitrogen and oxygen atoms in total. The number of aliphatic hydroxyl groups excluding tert-OH is 1. The van der Waals surface area contributed by atoms with Gasteiger partial charge < -0.3 is 22.3 Å². The number of halogens is 1. The van der Waals surface area contributed by atoms with Crippen LogP contribution in [0.2, 0.25) is 0 Å².